The average Bonchev–Trinajstić information content (AvgIpc) is 2.92. The van der Waals surface area contributed by atoms with E-state index in [-0.39, 0.29) is 12.2 Å². The molecule has 0 amide bonds. The molecule has 2 aromatic heterocycles. The molecule has 8 nitrogen and oxygen atoms in total. The zero-order chi connectivity index (χ0) is 25.4. The number of ether oxygens (including phenoxy) is 1. The molecule has 0 radical (unpaired) electrons. The summed E-state index contributed by atoms with van der Waals surface area (Å²) in [5.41, 5.74) is 6.30. The van der Waals surface area contributed by atoms with E-state index < -0.39 is 0 Å². The van der Waals surface area contributed by atoms with Crippen LogP contribution in [0.5, 0.6) is 0 Å². The Morgan fingerprint density at radius 1 is 1.03 bits per heavy atom. The molecule has 6 rings (SSSR count). The third kappa shape index (κ3) is 4.81. The van der Waals surface area contributed by atoms with Crippen LogP contribution in [0.1, 0.15) is 24.6 Å². The zero-order valence-corrected chi connectivity index (χ0v) is 21.8. The fourth-order valence-electron chi connectivity index (χ4n) is 6.11. The van der Waals surface area contributed by atoms with Crippen LogP contribution in [0, 0.1) is 11.3 Å². The van der Waals surface area contributed by atoms with Crippen molar-refractivity contribution in [1.82, 2.24) is 14.9 Å². The van der Waals surface area contributed by atoms with Gasteiger partial charge in [0.25, 0.3) is 0 Å². The van der Waals surface area contributed by atoms with E-state index in [9.17, 15) is 5.26 Å². The van der Waals surface area contributed by atoms with Gasteiger partial charge in [-0.15, -0.1) is 0 Å². The molecule has 0 N–H and O–H groups in total. The van der Waals surface area contributed by atoms with E-state index in [0.717, 1.165) is 75.4 Å². The fourth-order valence-corrected chi connectivity index (χ4v) is 6.11. The first kappa shape index (κ1) is 24.0. The molecule has 5 heterocycles. The van der Waals surface area contributed by atoms with E-state index in [1.165, 1.54) is 23.5 Å². The number of rotatable bonds is 4. The molecule has 0 unspecified atom stereocenters. The van der Waals surface area contributed by atoms with E-state index >= 15 is 0 Å². The van der Waals surface area contributed by atoms with Gasteiger partial charge in [-0.3, -0.25) is 14.9 Å². The first-order valence-electron chi connectivity index (χ1n) is 13.4. The highest BCUT2D eigenvalue weighted by Crippen LogP contribution is 2.31. The van der Waals surface area contributed by atoms with Crippen LogP contribution in [0.15, 0.2) is 42.7 Å². The summed E-state index contributed by atoms with van der Waals surface area (Å²) in [6.45, 7) is 9.90. The average molecular weight is 498 g/mol. The van der Waals surface area contributed by atoms with Gasteiger partial charge >= 0.3 is 0 Å². The number of benzene rings is 1. The highest BCUT2D eigenvalue weighted by molar-refractivity contribution is 5.95. The number of aromatic nitrogens is 2. The zero-order valence-electron chi connectivity index (χ0n) is 21.8. The number of nitrogens with zero attached hydrogens (tertiary/aromatic N) is 7. The van der Waals surface area contributed by atoms with E-state index in [1.807, 2.05) is 12.1 Å². The molecule has 8 heteroatoms. The van der Waals surface area contributed by atoms with Crippen LogP contribution in [0.4, 0.5) is 17.1 Å². The molecule has 0 saturated carbocycles. The van der Waals surface area contributed by atoms with Crippen LogP contribution < -0.4 is 14.7 Å². The van der Waals surface area contributed by atoms with Crippen LogP contribution in [-0.4, -0.2) is 86.5 Å². The minimum absolute atomic E-state index is 0.136. The summed E-state index contributed by atoms with van der Waals surface area (Å²) in [5.74, 6) is 0. The molecule has 192 valence electrons. The molecule has 3 aliphatic rings. The third-order valence-corrected chi connectivity index (χ3v) is 7.98. The quantitative estimate of drug-likeness (QED) is 0.544. The Hall–Kier alpha value is -3.41. The fraction of sp³-hybridized carbons (Fsp3) is 0.483. The van der Waals surface area contributed by atoms with Gasteiger partial charge in [-0.25, -0.2) is 0 Å². The van der Waals surface area contributed by atoms with Gasteiger partial charge in [-0.2, -0.15) is 5.26 Å². The maximum Gasteiger partial charge on any atom is 0.101 e. The predicted molar refractivity (Wildman–Crippen MR) is 147 cm³/mol. The Bertz CT molecular complexity index is 1310. The molecule has 37 heavy (non-hydrogen) atoms. The second-order valence-corrected chi connectivity index (χ2v) is 10.6. The van der Waals surface area contributed by atoms with Crippen LogP contribution in [0.25, 0.3) is 10.9 Å². The standard InChI is InChI=1S/C29H35N7O/c1-21-18-36(27-8-7-22(16-30)29-25(27)5-3-9-31-29)20-24(37-21)19-34-11-13-35(14-12-34)23-15-28-26(32-17-23)6-4-10-33(28)2/h3,5,7-9,15,17,21,24H,4,6,10-14,18-20H2,1-2H3/t21-,24+/m1/s1. The number of aryl methyl sites for hydroxylation is 1. The van der Waals surface area contributed by atoms with E-state index in [0.29, 0.717) is 5.56 Å². The lowest BCUT2D eigenvalue weighted by atomic mass is 10.1. The lowest BCUT2D eigenvalue weighted by Crippen LogP contribution is -2.54. The molecule has 1 aromatic carbocycles. The lowest BCUT2D eigenvalue weighted by Gasteiger charge is -2.42. The van der Waals surface area contributed by atoms with E-state index in [4.69, 9.17) is 9.72 Å². The molecule has 3 aromatic rings. The van der Waals surface area contributed by atoms with Crippen molar-refractivity contribution in [3.8, 4) is 6.07 Å². The summed E-state index contributed by atoms with van der Waals surface area (Å²) in [6.07, 6.45) is 6.37. The van der Waals surface area contributed by atoms with Crippen LogP contribution in [0.2, 0.25) is 0 Å². The van der Waals surface area contributed by atoms with E-state index in [2.05, 4.69) is 69.0 Å². The number of nitriles is 1. The number of hydrogen-bond acceptors (Lipinski definition) is 8. The van der Waals surface area contributed by atoms with Crippen LogP contribution >= 0.6 is 0 Å². The Balaban J connectivity index is 1.11. The molecule has 0 spiro atoms. The van der Waals surface area contributed by atoms with Gasteiger partial charge in [-0.1, -0.05) is 0 Å². The Morgan fingerprint density at radius 3 is 2.73 bits per heavy atom. The first-order chi connectivity index (χ1) is 18.1. The highest BCUT2D eigenvalue weighted by Gasteiger charge is 2.30. The number of pyridine rings is 2. The van der Waals surface area contributed by atoms with Gasteiger partial charge in [-0.05, 0) is 50.1 Å². The van der Waals surface area contributed by atoms with Gasteiger partial charge in [0.05, 0.1) is 46.6 Å². The number of morpholine rings is 1. The minimum Gasteiger partial charge on any atom is -0.373 e. The van der Waals surface area contributed by atoms with Gasteiger partial charge < -0.3 is 19.4 Å². The maximum absolute atomic E-state index is 9.52. The predicted octanol–water partition coefficient (Wildman–Crippen LogP) is 3.30. The summed E-state index contributed by atoms with van der Waals surface area (Å²) >= 11 is 0. The number of hydrogen-bond donors (Lipinski definition) is 0. The van der Waals surface area contributed by atoms with E-state index in [1.54, 1.807) is 6.20 Å². The Morgan fingerprint density at radius 2 is 1.89 bits per heavy atom. The molecule has 3 aliphatic heterocycles. The summed E-state index contributed by atoms with van der Waals surface area (Å²) in [6, 6.07) is 12.6. The van der Waals surface area contributed by atoms with Crippen molar-refractivity contribution < 1.29 is 4.74 Å². The third-order valence-electron chi connectivity index (χ3n) is 7.98. The first-order valence-corrected chi connectivity index (χ1v) is 13.4. The van der Waals surface area contributed by atoms with Crippen molar-refractivity contribution in [2.45, 2.75) is 32.0 Å². The molecule has 2 saturated heterocycles. The van der Waals surface area contributed by atoms with Crippen molar-refractivity contribution in [2.24, 2.45) is 0 Å². The van der Waals surface area contributed by atoms with Crippen molar-refractivity contribution in [3.63, 3.8) is 0 Å². The summed E-state index contributed by atoms with van der Waals surface area (Å²) in [5, 5.41) is 10.6. The second kappa shape index (κ2) is 10.2. The second-order valence-electron chi connectivity index (χ2n) is 10.6. The summed E-state index contributed by atoms with van der Waals surface area (Å²) in [4.78, 5) is 19.0. The minimum atomic E-state index is 0.136. The number of anilines is 3. The highest BCUT2D eigenvalue weighted by atomic mass is 16.5. The molecule has 2 atom stereocenters. The normalized spacial score (nSPS) is 22.7. The van der Waals surface area contributed by atoms with Crippen molar-refractivity contribution >= 4 is 28.0 Å². The molecule has 2 fully saturated rings. The number of piperazine rings is 1. The van der Waals surface area contributed by atoms with Crippen molar-refractivity contribution in [3.05, 3.63) is 54.0 Å². The maximum atomic E-state index is 9.52. The van der Waals surface area contributed by atoms with Crippen molar-refractivity contribution in [2.75, 3.05) is 74.1 Å². The largest absolute Gasteiger partial charge is 0.373 e. The Kier molecular flexibility index (Phi) is 6.58. The molecule has 0 aliphatic carbocycles. The van der Waals surface area contributed by atoms with Gasteiger partial charge in [0.1, 0.15) is 6.07 Å². The van der Waals surface area contributed by atoms with Crippen LogP contribution in [-0.2, 0) is 11.2 Å². The van der Waals surface area contributed by atoms with Gasteiger partial charge in [0.15, 0.2) is 0 Å². The SMILES string of the molecule is C[C@@H]1CN(c2ccc(C#N)c3ncccc23)C[C@H](CN2CCN(c3cnc4c(c3)N(C)CCC4)CC2)O1. The smallest absolute Gasteiger partial charge is 0.101 e. The summed E-state index contributed by atoms with van der Waals surface area (Å²) in [7, 11) is 2.17. The molecule has 0 bridgehead atoms. The van der Waals surface area contributed by atoms with Gasteiger partial charge in [0.2, 0.25) is 0 Å². The lowest BCUT2D eigenvalue weighted by molar-refractivity contribution is -0.0327. The summed E-state index contributed by atoms with van der Waals surface area (Å²) < 4.78 is 6.40. The van der Waals surface area contributed by atoms with Crippen LogP contribution in [0.3, 0.4) is 0 Å². The van der Waals surface area contributed by atoms with Crippen molar-refractivity contribution in [1.29, 1.82) is 5.26 Å². The molecular weight excluding hydrogens is 462 g/mol. The Labute approximate surface area is 219 Å². The van der Waals surface area contributed by atoms with Gasteiger partial charge in [0, 0.05) is 76.7 Å². The number of fused-ring (bicyclic) bond motifs is 2. The topological polar surface area (TPSA) is 71.8 Å². The molecular formula is C29H35N7O. The monoisotopic (exact) mass is 497 g/mol.